The summed E-state index contributed by atoms with van der Waals surface area (Å²) in [5.74, 6) is 4.21. The topological polar surface area (TPSA) is 46.5 Å². The Balaban J connectivity index is 1.39. The molecule has 0 unspecified atom stereocenters. The van der Waals surface area contributed by atoms with E-state index in [2.05, 4.69) is 13.8 Å². The minimum Gasteiger partial charge on any atom is -0.497 e. The summed E-state index contributed by atoms with van der Waals surface area (Å²) in [6.07, 6.45) is 10.4. The molecule has 0 bridgehead atoms. The Hall–Kier alpha value is -1.35. The fourth-order valence-corrected chi connectivity index (χ4v) is 9.09. The highest BCUT2D eigenvalue weighted by atomic mass is 16.5. The van der Waals surface area contributed by atoms with Gasteiger partial charge in [-0.15, -0.1) is 0 Å². The van der Waals surface area contributed by atoms with Crippen LogP contribution >= 0.6 is 0 Å². The molecule has 5 rings (SSSR count). The summed E-state index contributed by atoms with van der Waals surface area (Å²) in [5.41, 5.74) is 1.97. The van der Waals surface area contributed by atoms with Gasteiger partial charge in [-0.05, 0) is 130 Å². The van der Waals surface area contributed by atoms with Gasteiger partial charge in [-0.2, -0.15) is 0 Å². The summed E-state index contributed by atoms with van der Waals surface area (Å²) in [6, 6.07) is 5.92. The summed E-state index contributed by atoms with van der Waals surface area (Å²) < 4.78 is 5.36. The van der Waals surface area contributed by atoms with E-state index in [1.165, 1.54) is 38.5 Å². The maximum absolute atomic E-state index is 13.8. The number of aliphatic hydroxyl groups is 1. The minimum absolute atomic E-state index is 0.133. The van der Waals surface area contributed by atoms with E-state index in [0.717, 1.165) is 48.0 Å². The number of methoxy groups -OCH3 is 1. The third-order valence-electron chi connectivity index (χ3n) is 11.0. The molecule has 0 radical (unpaired) electrons. The molecule has 0 heterocycles. The van der Waals surface area contributed by atoms with Crippen LogP contribution in [0, 0.1) is 47.3 Å². The number of Topliss-reactive ketones (excluding diaryl/α,β-unsaturated/α-hetero) is 1. The average molecular weight is 439 g/mol. The number of ether oxygens (including phenoxy) is 1. The van der Waals surface area contributed by atoms with Crippen LogP contribution in [0.4, 0.5) is 0 Å². The number of ketones is 1. The molecule has 0 amide bonds. The number of fused-ring (bicyclic) bond motifs is 5. The largest absolute Gasteiger partial charge is 0.497 e. The van der Waals surface area contributed by atoms with E-state index in [9.17, 15) is 9.90 Å². The van der Waals surface area contributed by atoms with E-state index in [4.69, 9.17) is 4.74 Å². The van der Waals surface area contributed by atoms with E-state index in [-0.39, 0.29) is 11.3 Å². The van der Waals surface area contributed by atoms with Crippen molar-refractivity contribution < 1.29 is 14.6 Å². The highest BCUT2D eigenvalue weighted by molar-refractivity contribution is 6.00. The third kappa shape index (κ3) is 3.29. The molecule has 3 heteroatoms. The van der Waals surface area contributed by atoms with Crippen LogP contribution in [0.2, 0.25) is 0 Å². The predicted molar refractivity (Wildman–Crippen MR) is 128 cm³/mol. The lowest BCUT2D eigenvalue weighted by molar-refractivity contribution is -0.144. The van der Waals surface area contributed by atoms with Crippen molar-refractivity contribution in [2.24, 2.45) is 40.4 Å². The van der Waals surface area contributed by atoms with Gasteiger partial charge in [0, 0.05) is 11.5 Å². The predicted octanol–water partition coefficient (Wildman–Crippen LogP) is 6.60. The second kappa shape index (κ2) is 7.58. The maximum Gasteiger partial charge on any atom is 0.166 e. The van der Waals surface area contributed by atoms with Gasteiger partial charge in [0.05, 0.1) is 12.7 Å². The van der Waals surface area contributed by atoms with Crippen LogP contribution in [-0.4, -0.2) is 23.6 Å². The van der Waals surface area contributed by atoms with Gasteiger partial charge >= 0.3 is 0 Å². The fourth-order valence-electron chi connectivity index (χ4n) is 9.09. The monoisotopic (exact) mass is 438 g/mol. The standard InChI is InChI=1S/C29H42O3/c1-18-16-20(32-5)7-9-21(18)26(30)25-11-10-23-22-8-6-19-17-27(2,31)14-15-28(19,3)24(22)12-13-29(23,25)4/h7,9,16,19,22-25,31H,6,8,10-15,17H2,1-5H3/t19-,22+,23+,24+,25-,27-,28+,29+/m1/s1. The maximum atomic E-state index is 13.8. The summed E-state index contributed by atoms with van der Waals surface area (Å²) >= 11 is 0. The van der Waals surface area contributed by atoms with Crippen LogP contribution in [0.3, 0.4) is 0 Å². The van der Waals surface area contributed by atoms with Gasteiger partial charge in [-0.1, -0.05) is 13.8 Å². The zero-order valence-corrected chi connectivity index (χ0v) is 20.7. The van der Waals surface area contributed by atoms with Gasteiger partial charge in [0.25, 0.3) is 0 Å². The first-order valence-corrected chi connectivity index (χ1v) is 13.0. The molecule has 1 aromatic rings. The van der Waals surface area contributed by atoms with Crippen molar-refractivity contribution in [1.82, 2.24) is 0 Å². The lowest BCUT2D eigenvalue weighted by atomic mass is 9.44. The van der Waals surface area contributed by atoms with Gasteiger partial charge in [0.1, 0.15) is 5.75 Å². The molecule has 176 valence electrons. The molecule has 3 nitrogen and oxygen atoms in total. The Kier molecular flexibility index (Phi) is 5.32. The Morgan fingerprint density at radius 1 is 0.969 bits per heavy atom. The number of carbonyl (C=O) groups excluding carboxylic acids is 1. The zero-order valence-electron chi connectivity index (χ0n) is 20.7. The van der Waals surface area contributed by atoms with Crippen molar-refractivity contribution in [1.29, 1.82) is 0 Å². The molecule has 8 atom stereocenters. The van der Waals surface area contributed by atoms with Crippen LogP contribution < -0.4 is 4.74 Å². The van der Waals surface area contributed by atoms with Crippen molar-refractivity contribution in [3.05, 3.63) is 29.3 Å². The smallest absolute Gasteiger partial charge is 0.166 e. The lowest BCUT2D eigenvalue weighted by Gasteiger charge is -2.61. The molecular formula is C29H42O3. The molecule has 0 aliphatic heterocycles. The molecule has 0 saturated heterocycles. The van der Waals surface area contributed by atoms with Crippen LogP contribution in [0.5, 0.6) is 5.75 Å². The second-order valence-electron chi connectivity index (χ2n) is 12.6. The number of benzene rings is 1. The summed E-state index contributed by atoms with van der Waals surface area (Å²) in [7, 11) is 1.68. The van der Waals surface area contributed by atoms with Gasteiger partial charge in [0.15, 0.2) is 5.78 Å². The SMILES string of the molecule is COc1ccc(C(=O)[C@H]2CC[C@H]3[C@@H]4CC[C@@H]5C[C@](C)(O)CC[C@]5(C)[C@H]4CC[C@]23C)c(C)c1. The summed E-state index contributed by atoms with van der Waals surface area (Å²) in [5, 5.41) is 10.7. The number of hydrogen-bond donors (Lipinski definition) is 1. The van der Waals surface area contributed by atoms with Gasteiger partial charge < -0.3 is 9.84 Å². The van der Waals surface area contributed by atoms with Crippen LogP contribution in [0.15, 0.2) is 18.2 Å². The molecule has 1 N–H and O–H groups in total. The molecule has 4 fully saturated rings. The second-order valence-corrected chi connectivity index (χ2v) is 12.6. The average Bonchev–Trinajstić information content (AvgIpc) is 3.10. The molecule has 4 saturated carbocycles. The molecule has 0 spiro atoms. The lowest BCUT2D eigenvalue weighted by Crippen LogP contribution is -2.55. The van der Waals surface area contributed by atoms with Gasteiger partial charge in [-0.25, -0.2) is 0 Å². The first-order chi connectivity index (χ1) is 15.1. The highest BCUT2D eigenvalue weighted by Crippen LogP contribution is 2.68. The van der Waals surface area contributed by atoms with Crippen molar-refractivity contribution in [3.8, 4) is 5.75 Å². The van der Waals surface area contributed by atoms with E-state index >= 15 is 0 Å². The zero-order chi connectivity index (χ0) is 22.9. The number of carbonyl (C=O) groups is 1. The summed E-state index contributed by atoms with van der Waals surface area (Å²) in [4.78, 5) is 13.8. The van der Waals surface area contributed by atoms with Crippen LogP contribution in [0.25, 0.3) is 0 Å². The molecule has 32 heavy (non-hydrogen) atoms. The van der Waals surface area contributed by atoms with Crippen LogP contribution in [0.1, 0.15) is 94.5 Å². The number of hydrogen-bond acceptors (Lipinski definition) is 3. The van der Waals surface area contributed by atoms with E-state index in [1.807, 2.05) is 32.0 Å². The first-order valence-electron chi connectivity index (χ1n) is 13.0. The Labute approximate surface area is 194 Å². The van der Waals surface area contributed by atoms with Gasteiger partial charge in [0.2, 0.25) is 0 Å². The number of aryl methyl sites for hydroxylation is 1. The minimum atomic E-state index is -0.471. The quantitative estimate of drug-likeness (QED) is 0.541. The van der Waals surface area contributed by atoms with Crippen LogP contribution in [-0.2, 0) is 0 Å². The van der Waals surface area contributed by atoms with Crippen molar-refractivity contribution in [2.45, 2.75) is 91.1 Å². The van der Waals surface area contributed by atoms with E-state index in [1.54, 1.807) is 7.11 Å². The first kappa shape index (κ1) is 22.4. The molecule has 1 aromatic carbocycles. The van der Waals surface area contributed by atoms with Crippen molar-refractivity contribution in [2.75, 3.05) is 7.11 Å². The normalized spacial score (nSPS) is 45.5. The molecule has 4 aliphatic rings. The Morgan fingerprint density at radius 3 is 2.44 bits per heavy atom. The fraction of sp³-hybridized carbons (Fsp3) is 0.759. The Bertz CT molecular complexity index is 904. The third-order valence-corrected chi connectivity index (χ3v) is 11.0. The molecule has 4 aliphatic carbocycles. The van der Waals surface area contributed by atoms with E-state index < -0.39 is 5.60 Å². The van der Waals surface area contributed by atoms with Gasteiger partial charge in [-0.3, -0.25) is 4.79 Å². The van der Waals surface area contributed by atoms with Crippen molar-refractivity contribution >= 4 is 5.78 Å². The molecular weight excluding hydrogens is 396 g/mol. The number of rotatable bonds is 3. The van der Waals surface area contributed by atoms with E-state index in [0.29, 0.717) is 23.0 Å². The Morgan fingerprint density at radius 2 is 1.72 bits per heavy atom. The summed E-state index contributed by atoms with van der Waals surface area (Å²) in [6.45, 7) is 9.08. The molecule has 0 aromatic heterocycles. The van der Waals surface area contributed by atoms with Crippen molar-refractivity contribution in [3.63, 3.8) is 0 Å². The highest BCUT2D eigenvalue weighted by Gasteiger charge is 2.61.